The fraction of sp³-hybridized carbons (Fsp3) is 0.583. The third-order valence-electron chi connectivity index (χ3n) is 2.36. The van der Waals surface area contributed by atoms with Gasteiger partial charge in [-0.05, 0) is 24.5 Å². The predicted octanol–water partition coefficient (Wildman–Crippen LogP) is 3.00. The molecule has 0 aliphatic heterocycles. The van der Waals surface area contributed by atoms with Gasteiger partial charge in [0.1, 0.15) is 0 Å². The SMILES string of the molecule is CCCCCC(O)c1cncc(C)c1. The molecular weight excluding hydrogens is 174 g/mol. The van der Waals surface area contributed by atoms with E-state index in [1.807, 2.05) is 19.2 Å². The van der Waals surface area contributed by atoms with Gasteiger partial charge in [0.15, 0.2) is 0 Å². The maximum Gasteiger partial charge on any atom is 0.0805 e. The van der Waals surface area contributed by atoms with Crippen LogP contribution in [0, 0.1) is 6.92 Å². The minimum absolute atomic E-state index is 0.339. The third-order valence-corrected chi connectivity index (χ3v) is 2.36. The molecule has 0 saturated heterocycles. The molecule has 1 N–H and O–H groups in total. The van der Waals surface area contributed by atoms with Crippen molar-refractivity contribution < 1.29 is 5.11 Å². The van der Waals surface area contributed by atoms with Crippen LogP contribution in [0.5, 0.6) is 0 Å². The van der Waals surface area contributed by atoms with Crippen molar-refractivity contribution in [2.75, 3.05) is 0 Å². The van der Waals surface area contributed by atoms with E-state index in [1.165, 1.54) is 12.8 Å². The molecule has 1 aromatic rings. The lowest BCUT2D eigenvalue weighted by molar-refractivity contribution is 0.163. The van der Waals surface area contributed by atoms with Crippen molar-refractivity contribution in [1.82, 2.24) is 4.98 Å². The van der Waals surface area contributed by atoms with Crippen molar-refractivity contribution in [3.8, 4) is 0 Å². The first kappa shape index (κ1) is 11.2. The van der Waals surface area contributed by atoms with Gasteiger partial charge in [0.25, 0.3) is 0 Å². The number of aliphatic hydroxyl groups is 1. The molecule has 0 bridgehead atoms. The summed E-state index contributed by atoms with van der Waals surface area (Å²) in [5, 5.41) is 9.83. The molecule has 1 rings (SSSR count). The number of unbranched alkanes of at least 4 members (excludes halogenated alkanes) is 2. The molecule has 1 aromatic heterocycles. The normalized spacial score (nSPS) is 12.8. The second kappa shape index (κ2) is 5.76. The largest absolute Gasteiger partial charge is 0.388 e. The van der Waals surface area contributed by atoms with E-state index in [0.29, 0.717) is 0 Å². The smallest absolute Gasteiger partial charge is 0.0805 e. The average Bonchev–Trinajstić information content (AvgIpc) is 2.18. The Morgan fingerprint density at radius 3 is 2.79 bits per heavy atom. The first-order valence-corrected chi connectivity index (χ1v) is 5.33. The standard InChI is InChI=1S/C12H19NO/c1-3-4-5-6-12(14)11-7-10(2)8-13-9-11/h7-9,12,14H,3-6H2,1-2H3. The summed E-state index contributed by atoms with van der Waals surface area (Å²) in [5.74, 6) is 0. The van der Waals surface area contributed by atoms with Gasteiger partial charge in [-0.25, -0.2) is 0 Å². The zero-order chi connectivity index (χ0) is 10.4. The summed E-state index contributed by atoms with van der Waals surface area (Å²) in [6.45, 7) is 4.16. The molecule has 0 aliphatic carbocycles. The Bertz CT molecular complexity index is 273. The van der Waals surface area contributed by atoms with E-state index in [9.17, 15) is 5.11 Å². The highest BCUT2D eigenvalue weighted by Gasteiger charge is 2.06. The van der Waals surface area contributed by atoms with Crippen LogP contribution in [0.1, 0.15) is 49.8 Å². The van der Waals surface area contributed by atoms with Gasteiger partial charge in [-0.2, -0.15) is 0 Å². The van der Waals surface area contributed by atoms with Crippen LogP contribution in [-0.2, 0) is 0 Å². The lowest BCUT2D eigenvalue weighted by Crippen LogP contribution is -1.98. The molecule has 0 spiro atoms. The first-order chi connectivity index (χ1) is 6.74. The molecule has 0 radical (unpaired) electrons. The summed E-state index contributed by atoms with van der Waals surface area (Å²) in [6, 6.07) is 2.00. The van der Waals surface area contributed by atoms with Gasteiger partial charge in [0.2, 0.25) is 0 Å². The molecule has 14 heavy (non-hydrogen) atoms. The minimum atomic E-state index is -0.339. The van der Waals surface area contributed by atoms with E-state index in [2.05, 4.69) is 11.9 Å². The summed E-state index contributed by atoms with van der Waals surface area (Å²) in [6.07, 6.45) is 7.54. The van der Waals surface area contributed by atoms with Crippen LogP contribution in [-0.4, -0.2) is 10.1 Å². The minimum Gasteiger partial charge on any atom is -0.388 e. The number of rotatable bonds is 5. The molecule has 1 unspecified atom stereocenters. The van der Waals surface area contributed by atoms with Crippen LogP contribution in [0.15, 0.2) is 18.5 Å². The van der Waals surface area contributed by atoms with E-state index >= 15 is 0 Å². The van der Waals surface area contributed by atoms with E-state index < -0.39 is 0 Å². The number of hydrogen-bond acceptors (Lipinski definition) is 2. The van der Waals surface area contributed by atoms with E-state index in [1.54, 1.807) is 6.20 Å². The first-order valence-electron chi connectivity index (χ1n) is 5.33. The number of hydrogen-bond donors (Lipinski definition) is 1. The third kappa shape index (κ3) is 3.46. The van der Waals surface area contributed by atoms with Crippen molar-refractivity contribution >= 4 is 0 Å². The maximum atomic E-state index is 9.83. The van der Waals surface area contributed by atoms with Gasteiger partial charge in [0.05, 0.1) is 6.10 Å². The number of aromatic nitrogens is 1. The molecule has 0 aliphatic rings. The van der Waals surface area contributed by atoms with Crippen LogP contribution in [0.25, 0.3) is 0 Å². The fourth-order valence-electron chi connectivity index (χ4n) is 1.51. The van der Waals surface area contributed by atoms with E-state index in [0.717, 1.165) is 24.0 Å². The van der Waals surface area contributed by atoms with Crippen molar-refractivity contribution in [3.05, 3.63) is 29.6 Å². The Morgan fingerprint density at radius 1 is 1.36 bits per heavy atom. The Morgan fingerprint density at radius 2 is 2.14 bits per heavy atom. The predicted molar refractivity (Wildman–Crippen MR) is 58.1 cm³/mol. The molecule has 2 nitrogen and oxygen atoms in total. The molecular formula is C12H19NO. The summed E-state index contributed by atoms with van der Waals surface area (Å²) >= 11 is 0. The Hall–Kier alpha value is -0.890. The monoisotopic (exact) mass is 193 g/mol. The average molecular weight is 193 g/mol. The highest BCUT2D eigenvalue weighted by molar-refractivity contribution is 5.18. The van der Waals surface area contributed by atoms with E-state index in [4.69, 9.17) is 0 Å². The lowest BCUT2D eigenvalue weighted by atomic mass is 10.0. The fourth-order valence-corrected chi connectivity index (χ4v) is 1.51. The molecule has 1 heterocycles. The van der Waals surface area contributed by atoms with Crippen LogP contribution in [0.4, 0.5) is 0 Å². The molecule has 0 amide bonds. The second-order valence-corrected chi connectivity index (χ2v) is 3.81. The van der Waals surface area contributed by atoms with Crippen LogP contribution in [0.2, 0.25) is 0 Å². The van der Waals surface area contributed by atoms with Crippen LogP contribution >= 0.6 is 0 Å². The zero-order valence-corrected chi connectivity index (χ0v) is 9.03. The summed E-state index contributed by atoms with van der Waals surface area (Å²) in [5.41, 5.74) is 2.05. The van der Waals surface area contributed by atoms with Gasteiger partial charge in [-0.15, -0.1) is 0 Å². The molecule has 0 saturated carbocycles. The number of nitrogens with zero attached hydrogens (tertiary/aromatic N) is 1. The van der Waals surface area contributed by atoms with Gasteiger partial charge >= 0.3 is 0 Å². The Kier molecular flexibility index (Phi) is 4.60. The van der Waals surface area contributed by atoms with Crippen LogP contribution < -0.4 is 0 Å². The van der Waals surface area contributed by atoms with Crippen molar-refractivity contribution in [1.29, 1.82) is 0 Å². The van der Waals surface area contributed by atoms with Crippen molar-refractivity contribution in [2.24, 2.45) is 0 Å². The highest BCUT2D eigenvalue weighted by Crippen LogP contribution is 2.19. The summed E-state index contributed by atoms with van der Waals surface area (Å²) < 4.78 is 0. The van der Waals surface area contributed by atoms with Gasteiger partial charge in [-0.3, -0.25) is 4.98 Å². The number of aliphatic hydroxyl groups excluding tert-OH is 1. The number of aryl methyl sites for hydroxylation is 1. The molecule has 78 valence electrons. The maximum absolute atomic E-state index is 9.83. The molecule has 0 aromatic carbocycles. The topological polar surface area (TPSA) is 33.1 Å². The quantitative estimate of drug-likeness (QED) is 0.729. The second-order valence-electron chi connectivity index (χ2n) is 3.81. The summed E-state index contributed by atoms with van der Waals surface area (Å²) in [7, 11) is 0. The van der Waals surface area contributed by atoms with Crippen LogP contribution in [0.3, 0.4) is 0 Å². The summed E-state index contributed by atoms with van der Waals surface area (Å²) in [4.78, 5) is 4.07. The van der Waals surface area contributed by atoms with Crippen molar-refractivity contribution in [2.45, 2.75) is 45.6 Å². The zero-order valence-electron chi connectivity index (χ0n) is 9.03. The molecule has 1 atom stereocenters. The Labute approximate surface area is 86.0 Å². The molecule has 2 heteroatoms. The lowest BCUT2D eigenvalue weighted by Gasteiger charge is -2.10. The van der Waals surface area contributed by atoms with Crippen molar-refractivity contribution in [3.63, 3.8) is 0 Å². The van der Waals surface area contributed by atoms with Gasteiger partial charge in [-0.1, -0.05) is 32.3 Å². The van der Waals surface area contributed by atoms with Gasteiger partial charge < -0.3 is 5.11 Å². The number of pyridine rings is 1. The van der Waals surface area contributed by atoms with Gasteiger partial charge in [0, 0.05) is 12.4 Å². The highest BCUT2D eigenvalue weighted by atomic mass is 16.3. The van der Waals surface area contributed by atoms with E-state index in [-0.39, 0.29) is 6.10 Å². The Balaban J connectivity index is 2.47. The molecule has 0 fully saturated rings.